The van der Waals surface area contributed by atoms with Gasteiger partial charge in [-0.2, -0.15) is 13.2 Å². The number of hydrogen-bond acceptors (Lipinski definition) is 5. The number of rotatable bonds is 6. The number of carbonyl (C=O) groups excluding carboxylic acids is 1. The number of thiophene rings is 1. The number of carbonyl (C=O) groups is 1. The molecule has 30 heavy (non-hydrogen) atoms. The highest BCUT2D eigenvalue weighted by Gasteiger charge is 2.37. The molecule has 1 amide bonds. The van der Waals surface area contributed by atoms with E-state index in [0.29, 0.717) is 19.4 Å². The van der Waals surface area contributed by atoms with Gasteiger partial charge in [0, 0.05) is 31.3 Å². The zero-order valence-corrected chi connectivity index (χ0v) is 16.8. The fourth-order valence-corrected chi connectivity index (χ4v) is 4.28. The molecular weight excluding hydrogens is 417 g/mol. The minimum Gasteiger partial charge on any atom is -0.474 e. The van der Waals surface area contributed by atoms with Gasteiger partial charge in [-0.1, -0.05) is 30.3 Å². The SMILES string of the molecule is CNC(=O)c1csc2c(C(F)(F)F)cc(O[C@H]3C[C@@H](OCc4ccccc4)C3)nc12. The summed E-state index contributed by atoms with van der Waals surface area (Å²) in [4.78, 5) is 16.2. The van der Waals surface area contributed by atoms with Gasteiger partial charge in [0.1, 0.15) is 6.10 Å². The van der Waals surface area contributed by atoms with Crippen molar-refractivity contribution < 1.29 is 27.4 Å². The largest absolute Gasteiger partial charge is 0.474 e. The Balaban J connectivity index is 1.47. The molecule has 2 aromatic heterocycles. The van der Waals surface area contributed by atoms with Crippen LogP contribution in [-0.2, 0) is 17.5 Å². The smallest absolute Gasteiger partial charge is 0.418 e. The van der Waals surface area contributed by atoms with Crippen LogP contribution >= 0.6 is 11.3 Å². The third kappa shape index (κ3) is 4.27. The predicted octanol–water partition coefficient (Wildman–Crippen LogP) is 4.80. The van der Waals surface area contributed by atoms with E-state index in [-0.39, 0.29) is 33.9 Å². The highest BCUT2D eigenvalue weighted by Crippen LogP contribution is 2.41. The van der Waals surface area contributed by atoms with Gasteiger partial charge in [-0.25, -0.2) is 4.98 Å². The van der Waals surface area contributed by atoms with Crippen molar-refractivity contribution in [3.63, 3.8) is 0 Å². The zero-order valence-electron chi connectivity index (χ0n) is 16.0. The standard InChI is InChI=1S/C21H19F3N2O3S/c1-25-20(27)15-11-30-19-16(21(22,23)24)9-17(26-18(15)19)29-14-7-13(8-14)28-10-12-5-3-2-4-6-12/h2-6,9,11,13-14H,7-8,10H2,1H3,(H,25,27)/t13-,14+. The average molecular weight is 436 g/mol. The van der Waals surface area contributed by atoms with E-state index in [0.717, 1.165) is 23.0 Å². The number of alkyl halides is 3. The summed E-state index contributed by atoms with van der Waals surface area (Å²) >= 11 is 0.844. The fraction of sp³-hybridized carbons (Fsp3) is 0.333. The van der Waals surface area contributed by atoms with Crippen LogP contribution in [0.2, 0.25) is 0 Å². The molecule has 158 valence electrons. The van der Waals surface area contributed by atoms with Crippen molar-refractivity contribution in [3.8, 4) is 5.88 Å². The highest BCUT2D eigenvalue weighted by molar-refractivity contribution is 7.17. The summed E-state index contributed by atoms with van der Waals surface area (Å²) in [7, 11) is 1.42. The van der Waals surface area contributed by atoms with Crippen LogP contribution in [0, 0.1) is 0 Å². The number of hydrogen-bond donors (Lipinski definition) is 1. The maximum absolute atomic E-state index is 13.5. The molecule has 9 heteroatoms. The first-order valence-electron chi connectivity index (χ1n) is 9.39. The van der Waals surface area contributed by atoms with Crippen molar-refractivity contribution in [3.05, 3.63) is 58.5 Å². The van der Waals surface area contributed by atoms with E-state index in [2.05, 4.69) is 10.3 Å². The Bertz CT molecular complexity index is 1050. The van der Waals surface area contributed by atoms with Crippen LogP contribution in [0.25, 0.3) is 10.2 Å². The first kappa shape index (κ1) is 20.6. The summed E-state index contributed by atoms with van der Waals surface area (Å²) < 4.78 is 52.1. The number of amides is 1. The summed E-state index contributed by atoms with van der Waals surface area (Å²) in [5.41, 5.74) is 0.313. The maximum atomic E-state index is 13.5. The first-order valence-corrected chi connectivity index (χ1v) is 10.3. The number of benzene rings is 1. The Morgan fingerprint density at radius 3 is 2.63 bits per heavy atom. The second-order valence-corrected chi connectivity index (χ2v) is 7.92. The normalized spacial score (nSPS) is 18.8. The molecule has 4 rings (SSSR count). The van der Waals surface area contributed by atoms with E-state index in [4.69, 9.17) is 9.47 Å². The zero-order chi connectivity index (χ0) is 21.3. The van der Waals surface area contributed by atoms with Crippen molar-refractivity contribution in [2.75, 3.05) is 7.05 Å². The number of nitrogens with one attached hydrogen (secondary N) is 1. The second kappa shape index (κ2) is 8.23. The van der Waals surface area contributed by atoms with Crippen LogP contribution < -0.4 is 10.1 Å². The molecule has 3 aromatic rings. The van der Waals surface area contributed by atoms with Gasteiger partial charge in [0.05, 0.1) is 34.1 Å². The first-order chi connectivity index (χ1) is 14.3. The number of nitrogens with zero attached hydrogens (tertiary/aromatic N) is 1. The van der Waals surface area contributed by atoms with Crippen molar-refractivity contribution in [2.45, 2.75) is 37.8 Å². The van der Waals surface area contributed by atoms with Gasteiger partial charge in [0.15, 0.2) is 0 Å². The minimum absolute atomic E-state index is 0.000348. The Kier molecular flexibility index (Phi) is 5.66. The molecule has 0 saturated heterocycles. The molecule has 1 aliphatic carbocycles. The Morgan fingerprint density at radius 2 is 1.97 bits per heavy atom. The fourth-order valence-electron chi connectivity index (χ4n) is 3.26. The van der Waals surface area contributed by atoms with E-state index >= 15 is 0 Å². The predicted molar refractivity (Wildman–Crippen MR) is 107 cm³/mol. The van der Waals surface area contributed by atoms with Gasteiger partial charge >= 0.3 is 6.18 Å². The molecule has 0 unspecified atom stereocenters. The van der Waals surface area contributed by atoms with E-state index < -0.39 is 17.6 Å². The lowest BCUT2D eigenvalue weighted by Crippen LogP contribution is -2.39. The number of halogens is 3. The molecule has 1 N–H and O–H groups in total. The van der Waals surface area contributed by atoms with E-state index in [9.17, 15) is 18.0 Å². The van der Waals surface area contributed by atoms with Gasteiger partial charge in [0.25, 0.3) is 5.91 Å². The molecule has 1 aromatic carbocycles. The van der Waals surface area contributed by atoms with Gasteiger partial charge in [-0.15, -0.1) is 11.3 Å². The molecule has 0 spiro atoms. The van der Waals surface area contributed by atoms with Gasteiger partial charge in [-0.05, 0) is 5.56 Å². The van der Waals surface area contributed by atoms with Crippen LogP contribution in [0.5, 0.6) is 5.88 Å². The lowest BCUT2D eigenvalue weighted by molar-refractivity contribution is -0.136. The van der Waals surface area contributed by atoms with Crippen LogP contribution in [0.3, 0.4) is 0 Å². The minimum atomic E-state index is -4.58. The Hall–Kier alpha value is -2.65. The van der Waals surface area contributed by atoms with Crippen molar-refractivity contribution in [1.29, 1.82) is 0 Å². The third-order valence-corrected chi connectivity index (χ3v) is 5.95. The maximum Gasteiger partial charge on any atom is 0.418 e. The number of pyridine rings is 1. The topological polar surface area (TPSA) is 60.5 Å². The number of ether oxygens (including phenoxy) is 2. The van der Waals surface area contributed by atoms with Gasteiger partial charge in [-0.3, -0.25) is 4.79 Å². The lowest BCUT2D eigenvalue weighted by Gasteiger charge is -2.34. The highest BCUT2D eigenvalue weighted by atomic mass is 32.1. The number of aromatic nitrogens is 1. The van der Waals surface area contributed by atoms with E-state index in [1.54, 1.807) is 0 Å². The molecule has 0 bridgehead atoms. The Morgan fingerprint density at radius 1 is 1.23 bits per heavy atom. The molecule has 0 radical (unpaired) electrons. The van der Waals surface area contributed by atoms with Crippen LogP contribution in [0.15, 0.2) is 41.8 Å². The van der Waals surface area contributed by atoms with Crippen LogP contribution in [0.1, 0.15) is 34.3 Å². The molecule has 0 aliphatic heterocycles. The van der Waals surface area contributed by atoms with Gasteiger partial charge in [0.2, 0.25) is 5.88 Å². The van der Waals surface area contributed by atoms with Crippen LogP contribution in [-0.4, -0.2) is 30.1 Å². The average Bonchev–Trinajstić information content (AvgIpc) is 3.12. The Labute approximate surface area is 174 Å². The summed E-state index contributed by atoms with van der Waals surface area (Å²) in [6.07, 6.45) is -3.73. The van der Waals surface area contributed by atoms with Crippen molar-refractivity contribution in [1.82, 2.24) is 10.3 Å². The molecule has 1 saturated carbocycles. The summed E-state index contributed by atoms with van der Waals surface area (Å²) in [6.45, 7) is 0.477. The number of fused-ring (bicyclic) bond motifs is 1. The van der Waals surface area contributed by atoms with Crippen LogP contribution in [0.4, 0.5) is 13.2 Å². The van der Waals surface area contributed by atoms with E-state index in [1.165, 1.54) is 12.4 Å². The molecule has 1 fully saturated rings. The van der Waals surface area contributed by atoms with E-state index in [1.807, 2.05) is 30.3 Å². The van der Waals surface area contributed by atoms with Gasteiger partial charge < -0.3 is 14.8 Å². The molecule has 5 nitrogen and oxygen atoms in total. The molecular formula is C21H19F3N2O3S. The monoisotopic (exact) mass is 436 g/mol. The summed E-state index contributed by atoms with van der Waals surface area (Å²) in [5, 5.41) is 3.80. The molecule has 0 atom stereocenters. The molecule has 1 aliphatic rings. The molecule has 2 heterocycles. The van der Waals surface area contributed by atoms with Crippen molar-refractivity contribution >= 4 is 27.5 Å². The second-order valence-electron chi connectivity index (χ2n) is 7.04. The lowest BCUT2D eigenvalue weighted by atomic mass is 9.92. The third-order valence-electron chi connectivity index (χ3n) is 4.94. The summed E-state index contributed by atoms with van der Waals surface area (Å²) in [6, 6.07) is 10.6. The summed E-state index contributed by atoms with van der Waals surface area (Å²) in [5.74, 6) is -0.623. The quantitative estimate of drug-likeness (QED) is 0.603. The van der Waals surface area contributed by atoms with Crippen molar-refractivity contribution in [2.24, 2.45) is 0 Å².